The first-order chi connectivity index (χ1) is 11.0. The molecule has 0 aliphatic carbocycles. The zero-order chi connectivity index (χ0) is 16.6. The van der Waals surface area contributed by atoms with Gasteiger partial charge in [-0.1, -0.05) is 23.9 Å². The van der Waals surface area contributed by atoms with E-state index in [0.717, 1.165) is 28.7 Å². The van der Waals surface area contributed by atoms with Crippen molar-refractivity contribution >= 4 is 22.9 Å². The van der Waals surface area contributed by atoms with Crippen LogP contribution in [0.2, 0.25) is 0 Å². The average Bonchev–Trinajstić information content (AvgIpc) is 2.53. The van der Waals surface area contributed by atoms with Crippen molar-refractivity contribution in [1.29, 1.82) is 0 Å². The minimum Gasteiger partial charge on any atom is -0.497 e. The number of thioether (sulfide) groups is 1. The van der Waals surface area contributed by atoms with Crippen LogP contribution in [-0.4, -0.2) is 40.0 Å². The number of carboxylic acid groups (broad SMARTS) is 1. The number of amidine groups is 1. The van der Waals surface area contributed by atoms with Gasteiger partial charge in [-0.25, -0.2) is 9.79 Å². The van der Waals surface area contributed by atoms with Crippen molar-refractivity contribution in [3.05, 3.63) is 41.1 Å². The van der Waals surface area contributed by atoms with Crippen molar-refractivity contribution < 1.29 is 14.6 Å². The molecule has 0 saturated carbocycles. The standard InChI is InChI=1S/C17H20N2O3S/c1-10-8-9-23-17-18-11(2)14(16(20)21)15(19(10)17)12-4-6-13(22-3)7-5-12/h4-7,10,15H,8-9H2,1-3H3,(H,20,21). The van der Waals surface area contributed by atoms with Gasteiger partial charge in [0.15, 0.2) is 5.17 Å². The minimum absolute atomic E-state index is 0.254. The number of methoxy groups -OCH3 is 1. The lowest BCUT2D eigenvalue weighted by Crippen LogP contribution is -2.47. The van der Waals surface area contributed by atoms with Gasteiger partial charge >= 0.3 is 5.97 Å². The Morgan fingerprint density at radius 1 is 1.39 bits per heavy atom. The van der Waals surface area contributed by atoms with E-state index in [2.05, 4.69) is 16.8 Å². The third-order valence-electron chi connectivity index (χ3n) is 4.33. The number of allylic oxidation sites excluding steroid dienone is 1. The van der Waals surface area contributed by atoms with Gasteiger partial charge in [-0.15, -0.1) is 0 Å². The largest absolute Gasteiger partial charge is 0.497 e. The Labute approximate surface area is 140 Å². The van der Waals surface area contributed by atoms with Crippen LogP contribution in [0.25, 0.3) is 0 Å². The van der Waals surface area contributed by atoms with Crippen LogP contribution in [0.5, 0.6) is 5.75 Å². The van der Waals surface area contributed by atoms with Crippen molar-refractivity contribution in [3.8, 4) is 5.75 Å². The summed E-state index contributed by atoms with van der Waals surface area (Å²) in [6.07, 6.45) is 1.02. The fourth-order valence-electron chi connectivity index (χ4n) is 3.10. The maximum Gasteiger partial charge on any atom is 0.335 e. The van der Waals surface area contributed by atoms with E-state index in [1.807, 2.05) is 24.3 Å². The molecule has 23 heavy (non-hydrogen) atoms. The summed E-state index contributed by atoms with van der Waals surface area (Å²) >= 11 is 1.70. The lowest BCUT2D eigenvalue weighted by atomic mass is 9.93. The van der Waals surface area contributed by atoms with E-state index in [-0.39, 0.29) is 12.1 Å². The molecule has 3 rings (SSSR count). The molecule has 0 amide bonds. The predicted octanol–water partition coefficient (Wildman–Crippen LogP) is 3.29. The molecule has 1 N–H and O–H groups in total. The smallest absolute Gasteiger partial charge is 0.335 e. The van der Waals surface area contributed by atoms with E-state index in [4.69, 9.17) is 4.74 Å². The second kappa shape index (κ2) is 6.28. The molecule has 1 saturated heterocycles. The molecule has 1 aromatic carbocycles. The maximum atomic E-state index is 11.9. The normalized spacial score (nSPS) is 24.1. The molecule has 122 valence electrons. The van der Waals surface area contributed by atoms with Crippen LogP contribution >= 0.6 is 11.8 Å². The highest BCUT2D eigenvalue weighted by atomic mass is 32.2. The summed E-state index contributed by atoms with van der Waals surface area (Å²) in [5, 5.41) is 10.7. The zero-order valence-corrected chi connectivity index (χ0v) is 14.3. The summed E-state index contributed by atoms with van der Waals surface area (Å²) in [6, 6.07) is 7.57. The van der Waals surface area contributed by atoms with Crippen molar-refractivity contribution in [1.82, 2.24) is 4.90 Å². The van der Waals surface area contributed by atoms with E-state index in [1.54, 1.807) is 25.8 Å². The SMILES string of the molecule is COc1ccc(C2C(C(=O)O)=C(C)N=C3SCCC(C)N32)cc1. The Morgan fingerprint density at radius 3 is 2.70 bits per heavy atom. The highest BCUT2D eigenvalue weighted by Gasteiger charge is 2.39. The summed E-state index contributed by atoms with van der Waals surface area (Å²) in [4.78, 5) is 18.6. The molecule has 1 aromatic rings. The van der Waals surface area contributed by atoms with Crippen molar-refractivity contribution in [2.24, 2.45) is 4.99 Å². The molecule has 2 unspecified atom stereocenters. The molecule has 1 fully saturated rings. The quantitative estimate of drug-likeness (QED) is 0.920. The molecular weight excluding hydrogens is 312 g/mol. The van der Waals surface area contributed by atoms with Crippen LogP contribution in [0.1, 0.15) is 31.9 Å². The third-order valence-corrected chi connectivity index (χ3v) is 5.33. The number of hydrogen-bond acceptors (Lipinski definition) is 5. The molecule has 2 heterocycles. The van der Waals surface area contributed by atoms with Gasteiger partial charge in [0.2, 0.25) is 0 Å². The monoisotopic (exact) mass is 332 g/mol. The summed E-state index contributed by atoms with van der Waals surface area (Å²) in [5.41, 5.74) is 1.89. The van der Waals surface area contributed by atoms with Crippen LogP contribution in [-0.2, 0) is 4.79 Å². The van der Waals surface area contributed by atoms with E-state index in [1.165, 1.54) is 0 Å². The van der Waals surface area contributed by atoms with Gasteiger partial charge in [0.25, 0.3) is 0 Å². The van der Waals surface area contributed by atoms with E-state index in [9.17, 15) is 9.90 Å². The first kappa shape index (κ1) is 15.9. The fraction of sp³-hybridized carbons (Fsp3) is 0.412. The van der Waals surface area contributed by atoms with Gasteiger partial charge < -0.3 is 14.7 Å². The molecular formula is C17H20N2O3S. The number of ether oxygens (including phenoxy) is 1. The summed E-state index contributed by atoms with van der Waals surface area (Å²) in [7, 11) is 1.62. The molecule has 0 spiro atoms. The van der Waals surface area contributed by atoms with Gasteiger partial charge in [-0.2, -0.15) is 0 Å². The van der Waals surface area contributed by atoms with E-state index in [0.29, 0.717) is 11.3 Å². The Hall–Kier alpha value is -1.95. The van der Waals surface area contributed by atoms with Crippen LogP contribution in [0, 0.1) is 0 Å². The highest BCUT2D eigenvalue weighted by Crippen LogP contribution is 2.41. The Balaban J connectivity index is 2.11. The first-order valence-electron chi connectivity index (χ1n) is 7.60. The van der Waals surface area contributed by atoms with Crippen molar-refractivity contribution in [3.63, 3.8) is 0 Å². The number of aliphatic imine (C=N–C) groups is 1. The number of carboxylic acids is 1. The van der Waals surface area contributed by atoms with Crippen molar-refractivity contribution in [2.45, 2.75) is 32.4 Å². The Bertz CT molecular complexity index is 682. The summed E-state index contributed by atoms with van der Waals surface area (Å²) in [6.45, 7) is 3.91. The fourth-order valence-corrected chi connectivity index (χ4v) is 4.38. The topological polar surface area (TPSA) is 62.1 Å². The second-order valence-electron chi connectivity index (χ2n) is 5.77. The minimum atomic E-state index is -0.908. The predicted molar refractivity (Wildman–Crippen MR) is 91.9 cm³/mol. The number of aliphatic carboxylic acids is 1. The zero-order valence-electron chi connectivity index (χ0n) is 13.4. The Morgan fingerprint density at radius 2 is 2.09 bits per heavy atom. The molecule has 5 nitrogen and oxygen atoms in total. The number of rotatable bonds is 3. The van der Waals surface area contributed by atoms with Crippen LogP contribution in [0.3, 0.4) is 0 Å². The van der Waals surface area contributed by atoms with Gasteiger partial charge in [0, 0.05) is 11.8 Å². The van der Waals surface area contributed by atoms with Crippen LogP contribution in [0.15, 0.2) is 40.5 Å². The lowest BCUT2D eigenvalue weighted by Gasteiger charge is -2.44. The molecule has 6 heteroatoms. The lowest BCUT2D eigenvalue weighted by molar-refractivity contribution is -0.133. The van der Waals surface area contributed by atoms with E-state index >= 15 is 0 Å². The van der Waals surface area contributed by atoms with Gasteiger partial charge in [0.1, 0.15) is 5.75 Å². The Kier molecular flexibility index (Phi) is 4.35. The molecule has 2 aliphatic heterocycles. The molecule has 0 radical (unpaired) electrons. The van der Waals surface area contributed by atoms with Gasteiger partial charge in [0.05, 0.1) is 24.4 Å². The highest BCUT2D eigenvalue weighted by molar-refractivity contribution is 8.13. The number of fused-ring (bicyclic) bond motifs is 1. The van der Waals surface area contributed by atoms with Crippen molar-refractivity contribution in [2.75, 3.05) is 12.9 Å². The third kappa shape index (κ3) is 2.83. The number of hydrogen-bond donors (Lipinski definition) is 1. The average molecular weight is 332 g/mol. The summed E-state index contributed by atoms with van der Waals surface area (Å²) < 4.78 is 5.21. The number of carbonyl (C=O) groups is 1. The molecule has 2 aliphatic rings. The van der Waals surface area contributed by atoms with Gasteiger partial charge in [-0.3, -0.25) is 0 Å². The van der Waals surface area contributed by atoms with Crippen LogP contribution in [0.4, 0.5) is 0 Å². The van der Waals surface area contributed by atoms with Crippen LogP contribution < -0.4 is 4.74 Å². The number of benzene rings is 1. The van der Waals surface area contributed by atoms with Gasteiger partial charge in [-0.05, 0) is 38.0 Å². The first-order valence-corrected chi connectivity index (χ1v) is 8.59. The summed E-state index contributed by atoms with van der Waals surface area (Å²) in [5.74, 6) is 0.868. The molecule has 2 atom stereocenters. The van der Waals surface area contributed by atoms with E-state index < -0.39 is 5.97 Å². The maximum absolute atomic E-state index is 11.9. The second-order valence-corrected chi connectivity index (χ2v) is 6.83. The molecule has 0 aromatic heterocycles. The molecule has 0 bridgehead atoms. The number of nitrogens with zero attached hydrogens (tertiary/aromatic N) is 2.